The van der Waals surface area contributed by atoms with Gasteiger partial charge >= 0.3 is 0 Å². The van der Waals surface area contributed by atoms with Crippen LogP contribution in [0, 0.1) is 5.92 Å². The van der Waals surface area contributed by atoms with E-state index in [-0.39, 0.29) is 5.41 Å². The number of hydrogen-bond acceptors (Lipinski definition) is 1. The zero-order valence-electron chi connectivity index (χ0n) is 18.9. The van der Waals surface area contributed by atoms with Crippen molar-refractivity contribution >= 4 is 22.5 Å². The molecule has 2 aliphatic carbocycles. The van der Waals surface area contributed by atoms with Crippen LogP contribution in [0.1, 0.15) is 37.0 Å². The van der Waals surface area contributed by atoms with Crippen molar-refractivity contribution < 1.29 is 0 Å². The number of fused-ring (bicyclic) bond motifs is 3. The van der Waals surface area contributed by atoms with E-state index < -0.39 is 0 Å². The second-order valence-corrected chi connectivity index (χ2v) is 9.25. The molecule has 32 heavy (non-hydrogen) atoms. The van der Waals surface area contributed by atoms with E-state index >= 15 is 0 Å². The van der Waals surface area contributed by atoms with Gasteiger partial charge in [-0.15, -0.1) is 0 Å². The minimum absolute atomic E-state index is 0.100. The van der Waals surface area contributed by atoms with E-state index in [2.05, 4.69) is 123 Å². The average molecular weight is 416 g/mol. The molecule has 1 atom stereocenters. The molecule has 0 heterocycles. The van der Waals surface area contributed by atoms with Crippen LogP contribution in [0.4, 0.5) is 11.4 Å². The molecule has 0 aromatic heterocycles. The Balaban J connectivity index is 1.62. The first-order chi connectivity index (χ1) is 15.5. The maximum Gasteiger partial charge on any atom is 0.0464 e. The fraction of sp³-hybridized carbons (Fsp3) is 0.161. The first-order valence-corrected chi connectivity index (χ1v) is 11.3. The Hall–Kier alpha value is -3.58. The minimum Gasteiger partial charge on any atom is -0.314 e. The van der Waals surface area contributed by atoms with E-state index in [1.165, 1.54) is 28.1 Å². The summed E-state index contributed by atoms with van der Waals surface area (Å²) in [5.74, 6) is 0.456. The number of anilines is 2. The number of rotatable bonds is 5. The van der Waals surface area contributed by atoms with Crippen LogP contribution >= 0.6 is 0 Å². The molecule has 3 aromatic carbocycles. The second-order valence-electron chi connectivity index (χ2n) is 9.25. The van der Waals surface area contributed by atoms with E-state index in [9.17, 15) is 0 Å². The van der Waals surface area contributed by atoms with Gasteiger partial charge < -0.3 is 4.90 Å². The smallest absolute Gasteiger partial charge is 0.0464 e. The molecule has 1 unspecified atom stereocenters. The topological polar surface area (TPSA) is 3.24 Å². The molecule has 0 N–H and O–H groups in total. The predicted octanol–water partition coefficient (Wildman–Crippen LogP) is 8.30. The summed E-state index contributed by atoms with van der Waals surface area (Å²) in [5.41, 5.74) is 10.1. The Kier molecular flexibility index (Phi) is 4.98. The van der Waals surface area contributed by atoms with Crippen molar-refractivity contribution in [1.82, 2.24) is 0 Å². The van der Waals surface area contributed by atoms with Gasteiger partial charge in [-0.1, -0.05) is 93.8 Å². The van der Waals surface area contributed by atoms with E-state index in [1.54, 1.807) is 0 Å². The summed E-state index contributed by atoms with van der Waals surface area (Å²) >= 11 is 0. The molecule has 3 aromatic rings. The molecule has 0 saturated carbocycles. The molecule has 0 bridgehead atoms. The highest BCUT2D eigenvalue weighted by Gasteiger charge is 2.44. The highest BCUT2D eigenvalue weighted by molar-refractivity contribution is 5.82. The van der Waals surface area contributed by atoms with Crippen molar-refractivity contribution in [2.24, 2.45) is 5.92 Å². The zero-order chi connectivity index (χ0) is 22.3. The maximum atomic E-state index is 4.15. The van der Waals surface area contributed by atoms with Crippen molar-refractivity contribution in [1.29, 1.82) is 0 Å². The van der Waals surface area contributed by atoms with Gasteiger partial charge in [0.25, 0.3) is 0 Å². The quantitative estimate of drug-likeness (QED) is 0.379. The molecular formula is C31H29N. The Morgan fingerprint density at radius 3 is 2.41 bits per heavy atom. The fourth-order valence-corrected chi connectivity index (χ4v) is 5.28. The van der Waals surface area contributed by atoms with Crippen LogP contribution < -0.4 is 4.90 Å². The largest absolute Gasteiger partial charge is 0.314 e. The minimum atomic E-state index is 0.100. The highest BCUT2D eigenvalue weighted by Crippen LogP contribution is 2.54. The van der Waals surface area contributed by atoms with Crippen LogP contribution in [0.5, 0.6) is 0 Å². The maximum absolute atomic E-state index is 4.15. The summed E-state index contributed by atoms with van der Waals surface area (Å²) in [7, 11) is 0. The molecule has 158 valence electrons. The van der Waals surface area contributed by atoms with Crippen molar-refractivity contribution in [2.75, 3.05) is 4.90 Å². The number of hydrogen-bond donors (Lipinski definition) is 0. The van der Waals surface area contributed by atoms with Crippen molar-refractivity contribution in [3.05, 3.63) is 133 Å². The fourth-order valence-electron chi connectivity index (χ4n) is 5.28. The summed E-state index contributed by atoms with van der Waals surface area (Å²) < 4.78 is 0. The van der Waals surface area contributed by atoms with Crippen molar-refractivity contribution in [3.8, 4) is 0 Å². The van der Waals surface area contributed by atoms with Gasteiger partial charge in [0.1, 0.15) is 0 Å². The normalized spacial score (nSPS) is 18.1. The van der Waals surface area contributed by atoms with E-state index in [4.69, 9.17) is 0 Å². The van der Waals surface area contributed by atoms with E-state index in [0.29, 0.717) is 5.92 Å². The first-order valence-electron chi connectivity index (χ1n) is 11.3. The second kappa shape index (κ2) is 7.84. The number of para-hydroxylation sites is 1. The summed E-state index contributed by atoms with van der Waals surface area (Å²) in [6, 6.07) is 28.2. The zero-order valence-corrected chi connectivity index (χ0v) is 18.9. The van der Waals surface area contributed by atoms with E-state index in [0.717, 1.165) is 23.2 Å². The average Bonchev–Trinajstić information content (AvgIpc) is 3.06. The molecule has 5 rings (SSSR count). The highest BCUT2D eigenvalue weighted by atomic mass is 15.1. The Morgan fingerprint density at radius 1 is 0.906 bits per heavy atom. The van der Waals surface area contributed by atoms with Crippen molar-refractivity contribution in [3.63, 3.8) is 0 Å². The summed E-state index contributed by atoms with van der Waals surface area (Å²) in [5, 5.41) is 0. The third-order valence-corrected chi connectivity index (χ3v) is 7.07. The molecule has 1 nitrogen and oxygen atoms in total. The van der Waals surface area contributed by atoms with Crippen molar-refractivity contribution in [2.45, 2.75) is 25.7 Å². The van der Waals surface area contributed by atoms with Crippen LogP contribution in [0.2, 0.25) is 0 Å². The lowest BCUT2D eigenvalue weighted by molar-refractivity contribution is 0.406. The van der Waals surface area contributed by atoms with Crippen LogP contribution in [0.15, 0.2) is 116 Å². The summed E-state index contributed by atoms with van der Waals surface area (Å²) in [6.45, 7) is 12.8. The Bertz CT molecular complexity index is 1260. The van der Waals surface area contributed by atoms with Crippen LogP contribution in [0.25, 0.3) is 11.1 Å². The lowest BCUT2D eigenvalue weighted by Gasteiger charge is -2.36. The van der Waals surface area contributed by atoms with Gasteiger partial charge in [-0.2, -0.15) is 0 Å². The molecular weight excluding hydrogens is 386 g/mol. The third kappa shape index (κ3) is 3.26. The Morgan fingerprint density at radius 2 is 1.62 bits per heavy atom. The van der Waals surface area contributed by atoms with Gasteiger partial charge in [0.2, 0.25) is 0 Å². The number of allylic oxidation sites excluding steroid dienone is 6. The lowest BCUT2D eigenvalue weighted by atomic mass is 9.74. The predicted molar refractivity (Wildman–Crippen MR) is 138 cm³/mol. The van der Waals surface area contributed by atoms with Gasteiger partial charge in [-0.05, 0) is 75.9 Å². The molecule has 0 spiro atoms. The van der Waals surface area contributed by atoms with Crippen LogP contribution in [-0.2, 0) is 5.41 Å². The number of nitrogens with zero attached hydrogens (tertiary/aromatic N) is 1. The first kappa shape index (κ1) is 20.3. The lowest BCUT2D eigenvalue weighted by Crippen LogP contribution is -2.28. The summed E-state index contributed by atoms with van der Waals surface area (Å²) in [6.07, 6.45) is 7.47. The van der Waals surface area contributed by atoms with Crippen LogP contribution in [0.3, 0.4) is 0 Å². The molecule has 0 aliphatic heterocycles. The molecule has 2 aliphatic rings. The molecule has 0 amide bonds. The van der Waals surface area contributed by atoms with Crippen LogP contribution in [-0.4, -0.2) is 0 Å². The molecule has 0 saturated heterocycles. The summed E-state index contributed by atoms with van der Waals surface area (Å²) in [4.78, 5) is 2.40. The van der Waals surface area contributed by atoms with Gasteiger partial charge in [0, 0.05) is 17.1 Å². The molecule has 0 radical (unpaired) electrons. The van der Waals surface area contributed by atoms with Gasteiger partial charge in [0.15, 0.2) is 0 Å². The van der Waals surface area contributed by atoms with E-state index in [1.807, 2.05) is 6.08 Å². The van der Waals surface area contributed by atoms with Gasteiger partial charge in [-0.3, -0.25) is 0 Å². The molecule has 0 fully saturated rings. The number of benzene rings is 3. The monoisotopic (exact) mass is 415 g/mol. The third-order valence-electron chi connectivity index (χ3n) is 7.07. The van der Waals surface area contributed by atoms with Gasteiger partial charge in [-0.25, -0.2) is 0 Å². The molecule has 1 heteroatoms. The SMILES string of the molecule is C=CC(=C)c1cccc(N(C2=CC=C3c4ccccc4C(C)(C)C3C2)c2ccccc2)c1. The Labute approximate surface area is 191 Å². The standard InChI is InChI=1S/C31H29N/c1-5-22(2)23-12-11-15-25(20-23)32(24-13-7-6-8-14-24)26-18-19-28-27-16-9-10-17-29(27)31(3,4)30(28)21-26/h5-20,30H,1-2,21H2,3-4H3. The van der Waals surface area contributed by atoms with Gasteiger partial charge in [0.05, 0.1) is 0 Å².